The fraction of sp³-hybridized carbons (Fsp3) is 0.364. The lowest BCUT2D eigenvalue weighted by Gasteiger charge is -2.20. The number of carbonyl (C=O) groups excluding carboxylic acids is 2. The number of anilines is 1. The van der Waals surface area contributed by atoms with E-state index >= 15 is 0 Å². The first-order valence-corrected chi connectivity index (χ1v) is 9.48. The largest absolute Gasteiger partial charge is 0.352 e. The van der Waals surface area contributed by atoms with Crippen molar-refractivity contribution in [2.75, 3.05) is 11.4 Å². The predicted octanol–water partition coefficient (Wildman–Crippen LogP) is 2.58. The molecule has 2 heterocycles. The van der Waals surface area contributed by atoms with Crippen LogP contribution >= 0.6 is 0 Å². The minimum Gasteiger partial charge on any atom is -0.352 e. The van der Waals surface area contributed by atoms with Gasteiger partial charge in [0.1, 0.15) is 0 Å². The van der Waals surface area contributed by atoms with E-state index in [9.17, 15) is 9.59 Å². The zero-order valence-corrected chi connectivity index (χ0v) is 15.8. The van der Waals surface area contributed by atoms with Gasteiger partial charge in [-0.15, -0.1) is 0 Å². The van der Waals surface area contributed by atoms with Gasteiger partial charge in [-0.25, -0.2) is 0 Å². The molecule has 2 aliphatic heterocycles. The molecule has 1 unspecified atom stereocenters. The third kappa shape index (κ3) is 3.47. The summed E-state index contributed by atoms with van der Waals surface area (Å²) in [5, 5.41) is 6.34. The van der Waals surface area contributed by atoms with E-state index in [1.165, 1.54) is 11.1 Å². The Kier molecular flexibility index (Phi) is 4.70. The number of nitrogens with one attached hydrogen (secondary N) is 2. The Hall–Kier alpha value is -2.66. The van der Waals surface area contributed by atoms with Crippen molar-refractivity contribution in [3.05, 3.63) is 64.2 Å². The van der Waals surface area contributed by atoms with Crippen LogP contribution in [-0.4, -0.2) is 18.4 Å². The summed E-state index contributed by atoms with van der Waals surface area (Å²) in [6, 6.07) is 12.3. The highest BCUT2D eigenvalue weighted by Crippen LogP contribution is 2.29. The van der Waals surface area contributed by atoms with Crippen molar-refractivity contribution in [3.8, 4) is 0 Å². The van der Waals surface area contributed by atoms with E-state index in [0.717, 1.165) is 35.5 Å². The average Bonchev–Trinajstić information content (AvgIpc) is 3.28. The van der Waals surface area contributed by atoms with Gasteiger partial charge >= 0.3 is 0 Å². The van der Waals surface area contributed by atoms with Crippen molar-refractivity contribution >= 4 is 17.5 Å². The Morgan fingerprint density at radius 1 is 1.19 bits per heavy atom. The number of fused-ring (bicyclic) bond motifs is 1. The quantitative estimate of drug-likeness (QED) is 0.878. The van der Waals surface area contributed by atoms with Crippen molar-refractivity contribution in [3.63, 3.8) is 0 Å². The van der Waals surface area contributed by atoms with Crippen molar-refractivity contribution < 1.29 is 9.59 Å². The topological polar surface area (TPSA) is 61.4 Å². The molecule has 2 aromatic carbocycles. The van der Waals surface area contributed by atoms with E-state index in [1.807, 2.05) is 32.0 Å². The molecule has 2 amide bonds. The van der Waals surface area contributed by atoms with Crippen LogP contribution in [0.3, 0.4) is 0 Å². The number of nitrogens with zero attached hydrogens (tertiary/aromatic N) is 1. The first kappa shape index (κ1) is 17.7. The van der Waals surface area contributed by atoms with Crippen LogP contribution in [-0.2, 0) is 29.2 Å². The number of amides is 2. The molecular formula is C22H25N3O2. The summed E-state index contributed by atoms with van der Waals surface area (Å²) in [5.41, 5.74) is 6.90. The monoisotopic (exact) mass is 363 g/mol. The SMILES string of the molecule is Cc1cccc(N2CC(C(=O)NCc3ccc4c(c3)CNC4)CC2=O)c1C. The van der Waals surface area contributed by atoms with Crippen LogP contribution in [0.4, 0.5) is 5.69 Å². The summed E-state index contributed by atoms with van der Waals surface area (Å²) in [6.45, 7) is 6.81. The number of carbonyl (C=O) groups is 2. The van der Waals surface area contributed by atoms with Gasteiger partial charge in [0.15, 0.2) is 0 Å². The predicted molar refractivity (Wildman–Crippen MR) is 105 cm³/mol. The van der Waals surface area contributed by atoms with Crippen molar-refractivity contribution in [1.29, 1.82) is 0 Å². The second-order valence-electron chi connectivity index (χ2n) is 7.55. The summed E-state index contributed by atoms with van der Waals surface area (Å²) in [6.07, 6.45) is 0.271. The molecule has 2 N–H and O–H groups in total. The number of hydrogen-bond acceptors (Lipinski definition) is 3. The molecule has 1 atom stereocenters. The van der Waals surface area contributed by atoms with E-state index in [0.29, 0.717) is 13.1 Å². The smallest absolute Gasteiger partial charge is 0.227 e. The third-order valence-corrected chi connectivity index (χ3v) is 5.73. The molecule has 0 aliphatic carbocycles. The van der Waals surface area contributed by atoms with Gasteiger partial charge in [0.2, 0.25) is 11.8 Å². The van der Waals surface area contributed by atoms with Gasteiger partial charge in [-0.2, -0.15) is 0 Å². The van der Waals surface area contributed by atoms with Gasteiger partial charge in [0.05, 0.1) is 5.92 Å². The molecule has 0 spiro atoms. The fourth-order valence-electron chi connectivity index (χ4n) is 3.94. The van der Waals surface area contributed by atoms with Gasteiger partial charge in [0.25, 0.3) is 0 Å². The second kappa shape index (κ2) is 7.16. The third-order valence-electron chi connectivity index (χ3n) is 5.73. The molecule has 4 rings (SSSR count). The van der Waals surface area contributed by atoms with Crippen LogP contribution in [0.25, 0.3) is 0 Å². The highest BCUT2D eigenvalue weighted by Gasteiger charge is 2.35. The number of aryl methyl sites for hydroxylation is 1. The lowest BCUT2D eigenvalue weighted by molar-refractivity contribution is -0.126. The van der Waals surface area contributed by atoms with Crippen LogP contribution in [0, 0.1) is 19.8 Å². The molecule has 5 heteroatoms. The Morgan fingerprint density at radius 3 is 2.85 bits per heavy atom. The summed E-state index contributed by atoms with van der Waals surface area (Å²) >= 11 is 0. The number of hydrogen-bond donors (Lipinski definition) is 2. The van der Waals surface area contributed by atoms with Gasteiger partial charge in [0, 0.05) is 38.3 Å². The average molecular weight is 363 g/mol. The molecule has 140 valence electrons. The molecule has 2 aromatic rings. The maximum absolute atomic E-state index is 12.6. The maximum atomic E-state index is 12.6. The van der Waals surface area contributed by atoms with Crippen molar-refractivity contribution in [2.24, 2.45) is 5.92 Å². The van der Waals surface area contributed by atoms with E-state index in [1.54, 1.807) is 4.90 Å². The fourth-order valence-corrected chi connectivity index (χ4v) is 3.94. The molecule has 0 aromatic heterocycles. The maximum Gasteiger partial charge on any atom is 0.227 e. The van der Waals surface area contributed by atoms with Crippen LogP contribution in [0.15, 0.2) is 36.4 Å². The van der Waals surface area contributed by atoms with Crippen LogP contribution in [0.2, 0.25) is 0 Å². The highest BCUT2D eigenvalue weighted by molar-refractivity contribution is 6.00. The van der Waals surface area contributed by atoms with Crippen LogP contribution in [0.5, 0.6) is 0 Å². The summed E-state index contributed by atoms with van der Waals surface area (Å²) in [4.78, 5) is 26.9. The Labute approximate surface area is 159 Å². The van der Waals surface area contributed by atoms with Gasteiger partial charge in [-0.05, 0) is 47.7 Å². The molecule has 0 bridgehead atoms. The molecule has 0 radical (unpaired) electrons. The first-order valence-electron chi connectivity index (χ1n) is 9.48. The van der Waals surface area contributed by atoms with Crippen LogP contribution < -0.4 is 15.5 Å². The number of rotatable bonds is 4. The molecular weight excluding hydrogens is 338 g/mol. The van der Waals surface area contributed by atoms with E-state index in [4.69, 9.17) is 0 Å². The van der Waals surface area contributed by atoms with Gasteiger partial charge in [-0.1, -0.05) is 30.3 Å². The first-order chi connectivity index (χ1) is 13.0. The minimum atomic E-state index is -0.298. The standard InChI is InChI=1S/C22H25N3O2/c1-14-4-3-5-20(15(14)2)25-13-19(9-21(25)26)22(27)24-10-16-6-7-17-11-23-12-18(17)8-16/h3-8,19,23H,9-13H2,1-2H3,(H,24,27). The van der Waals surface area contributed by atoms with E-state index < -0.39 is 0 Å². The molecule has 0 saturated carbocycles. The zero-order chi connectivity index (χ0) is 19.0. The summed E-state index contributed by atoms with van der Waals surface area (Å²) in [7, 11) is 0. The van der Waals surface area contributed by atoms with E-state index in [2.05, 4.69) is 28.8 Å². The second-order valence-corrected chi connectivity index (χ2v) is 7.55. The Morgan fingerprint density at radius 2 is 2.00 bits per heavy atom. The molecule has 27 heavy (non-hydrogen) atoms. The Balaban J connectivity index is 1.40. The Bertz CT molecular complexity index is 906. The zero-order valence-electron chi connectivity index (χ0n) is 15.8. The molecule has 1 saturated heterocycles. The number of benzene rings is 2. The van der Waals surface area contributed by atoms with Crippen molar-refractivity contribution in [1.82, 2.24) is 10.6 Å². The summed E-state index contributed by atoms with van der Waals surface area (Å²) in [5.74, 6) is -0.323. The lowest BCUT2D eigenvalue weighted by atomic mass is 10.1. The summed E-state index contributed by atoms with van der Waals surface area (Å²) < 4.78 is 0. The van der Waals surface area contributed by atoms with Crippen molar-refractivity contribution in [2.45, 2.75) is 39.9 Å². The minimum absolute atomic E-state index is 0.0208. The molecule has 2 aliphatic rings. The van der Waals surface area contributed by atoms with Gasteiger partial charge in [-0.3, -0.25) is 9.59 Å². The van der Waals surface area contributed by atoms with Crippen LogP contribution in [0.1, 0.15) is 34.2 Å². The molecule has 5 nitrogen and oxygen atoms in total. The molecule has 1 fully saturated rings. The van der Waals surface area contributed by atoms with E-state index in [-0.39, 0.29) is 24.2 Å². The normalized spacial score (nSPS) is 18.7. The lowest BCUT2D eigenvalue weighted by Crippen LogP contribution is -2.32. The highest BCUT2D eigenvalue weighted by atomic mass is 16.2. The van der Waals surface area contributed by atoms with Gasteiger partial charge < -0.3 is 15.5 Å².